The summed E-state index contributed by atoms with van der Waals surface area (Å²) in [5.41, 5.74) is -0.590. The van der Waals surface area contributed by atoms with Crippen LogP contribution in [0, 0.1) is 0 Å². The van der Waals surface area contributed by atoms with Crippen LogP contribution in [0.5, 0.6) is 0 Å². The molecule has 0 saturated heterocycles. The fraction of sp³-hybridized carbons (Fsp3) is 0.923. The van der Waals surface area contributed by atoms with E-state index in [0.29, 0.717) is 0 Å². The van der Waals surface area contributed by atoms with Crippen molar-refractivity contribution in [2.24, 2.45) is 0 Å². The Balaban J connectivity index is 4.12. The van der Waals surface area contributed by atoms with Crippen LogP contribution < -0.4 is 5.32 Å². The van der Waals surface area contributed by atoms with Crippen molar-refractivity contribution in [3.63, 3.8) is 0 Å². The largest absolute Gasteiger partial charge is 0.468 e. The molecule has 2 atom stereocenters. The highest BCUT2D eigenvalue weighted by Gasteiger charge is 2.32. The van der Waals surface area contributed by atoms with Gasteiger partial charge in [-0.3, -0.25) is 4.79 Å². The van der Waals surface area contributed by atoms with E-state index < -0.39 is 5.54 Å². The second-order valence-corrected chi connectivity index (χ2v) is 6.26. The van der Waals surface area contributed by atoms with Crippen molar-refractivity contribution in [2.45, 2.75) is 50.8 Å². The summed E-state index contributed by atoms with van der Waals surface area (Å²) in [5.74, 6) is 0.749. The number of rotatable bonds is 10. The van der Waals surface area contributed by atoms with Crippen LogP contribution in [-0.2, 0) is 9.53 Å². The zero-order valence-corrected chi connectivity index (χ0v) is 12.8. The van der Waals surface area contributed by atoms with Gasteiger partial charge in [0.05, 0.1) is 13.7 Å². The number of hydrogen-bond acceptors (Lipinski definition) is 5. The lowest BCUT2D eigenvalue weighted by atomic mass is 9.96. The first-order valence-corrected chi connectivity index (χ1v) is 7.61. The van der Waals surface area contributed by atoms with E-state index in [0.717, 1.165) is 31.6 Å². The molecule has 0 aromatic carbocycles. The summed E-state index contributed by atoms with van der Waals surface area (Å²) < 4.78 is 4.86. The normalized spacial score (nSPS) is 16.1. The van der Waals surface area contributed by atoms with E-state index in [2.05, 4.69) is 12.2 Å². The fourth-order valence-corrected chi connectivity index (χ4v) is 2.47. The highest BCUT2D eigenvalue weighted by atomic mass is 32.2. The Labute approximate surface area is 115 Å². The molecule has 0 fully saturated rings. The van der Waals surface area contributed by atoms with Crippen molar-refractivity contribution in [3.05, 3.63) is 0 Å². The Kier molecular flexibility index (Phi) is 9.50. The van der Waals surface area contributed by atoms with Gasteiger partial charge in [-0.1, -0.05) is 13.8 Å². The number of hydrogen-bond donors (Lipinski definition) is 2. The van der Waals surface area contributed by atoms with E-state index in [4.69, 9.17) is 9.84 Å². The second-order valence-electron chi connectivity index (χ2n) is 4.72. The highest BCUT2D eigenvalue weighted by Crippen LogP contribution is 2.18. The predicted octanol–water partition coefficient (Wildman–Crippen LogP) is 1.81. The zero-order valence-electron chi connectivity index (χ0n) is 12.0. The summed E-state index contributed by atoms with van der Waals surface area (Å²) in [6.45, 7) is 6.98. The number of carbonyl (C=O) groups is 1. The molecule has 0 heterocycles. The smallest absolute Gasteiger partial charge is 0.325 e. The molecule has 2 N–H and O–H groups in total. The van der Waals surface area contributed by atoms with Gasteiger partial charge in [0.2, 0.25) is 0 Å². The molecule has 0 aliphatic rings. The van der Waals surface area contributed by atoms with Gasteiger partial charge in [-0.2, -0.15) is 11.8 Å². The Morgan fingerprint density at radius 2 is 2.22 bits per heavy atom. The number of nitrogens with one attached hydrogen (secondary N) is 1. The molecular weight excluding hydrogens is 250 g/mol. The molecule has 5 heteroatoms. The van der Waals surface area contributed by atoms with Gasteiger partial charge in [0.1, 0.15) is 5.54 Å². The molecule has 0 saturated carbocycles. The van der Waals surface area contributed by atoms with E-state index >= 15 is 0 Å². The van der Waals surface area contributed by atoms with Gasteiger partial charge < -0.3 is 15.2 Å². The molecule has 0 spiro atoms. The lowest BCUT2D eigenvalue weighted by Crippen LogP contribution is -2.50. The minimum Gasteiger partial charge on any atom is -0.468 e. The van der Waals surface area contributed by atoms with Gasteiger partial charge in [0.25, 0.3) is 0 Å². The number of carbonyl (C=O) groups excluding carboxylic acids is 1. The Hall–Kier alpha value is -0.260. The van der Waals surface area contributed by atoms with Crippen molar-refractivity contribution < 1.29 is 14.6 Å². The molecule has 2 unspecified atom stereocenters. The maximum atomic E-state index is 11.8. The molecule has 0 aromatic heterocycles. The van der Waals surface area contributed by atoms with E-state index in [9.17, 15) is 4.79 Å². The minimum absolute atomic E-state index is 0.198. The third-order valence-electron chi connectivity index (χ3n) is 2.88. The van der Waals surface area contributed by atoms with Crippen molar-refractivity contribution >= 4 is 17.7 Å². The number of thioether (sulfide) groups is 1. The molecule has 0 aliphatic carbocycles. The lowest BCUT2D eigenvalue weighted by Gasteiger charge is -2.28. The van der Waals surface area contributed by atoms with Crippen molar-refractivity contribution in [1.29, 1.82) is 0 Å². The van der Waals surface area contributed by atoms with Crippen LogP contribution in [0.1, 0.15) is 40.0 Å². The fourth-order valence-electron chi connectivity index (χ4n) is 1.65. The van der Waals surface area contributed by atoms with Crippen LogP contribution in [0.2, 0.25) is 0 Å². The van der Waals surface area contributed by atoms with Crippen LogP contribution in [0.25, 0.3) is 0 Å². The second kappa shape index (κ2) is 9.64. The number of aliphatic hydroxyl groups is 1. The number of aliphatic hydroxyl groups excluding tert-OH is 1. The average Bonchev–Trinajstić information content (AvgIpc) is 2.39. The topological polar surface area (TPSA) is 58.6 Å². The maximum absolute atomic E-state index is 11.8. The summed E-state index contributed by atoms with van der Waals surface area (Å²) in [5, 5.41) is 12.5. The van der Waals surface area contributed by atoms with E-state index in [1.165, 1.54) is 7.11 Å². The first-order valence-electron chi connectivity index (χ1n) is 6.56. The van der Waals surface area contributed by atoms with Gasteiger partial charge in [0, 0.05) is 5.25 Å². The predicted molar refractivity (Wildman–Crippen MR) is 77.0 cm³/mol. The van der Waals surface area contributed by atoms with Gasteiger partial charge in [-0.05, 0) is 38.5 Å². The van der Waals surface area contributed by atoms with E-state index in [1.807, 2.05) is 13.8 Å². The molecule has 0 rings (SSSR count). The molecule has 0 aromatic rings. The van der Waals surface area contributed by atoms with Gasteiger partial charge >= 0.3 is 5.97 Å². The standard InChI is InChI=1S/C13H27NO3S/c1-5-8-14-13(3,12(16)17-4)7-6-9-18-11(2)10-15/h11,14-15H,5-10H2,1-4H3. The number of ether oxygens (including phenoxy) is 1. The molecule has 4 nitrogen and oxygen atoms in total. The summed E-state index contributed by atoms with van der Waals surface area (Å²) >= 11 is 1.73. The summed E-state index contributed by atoms with van der Waals surface area (Å²) in [6.07, 6.45) is 2.67. The van der Waals surface area contributed by atoms with Crippen LogP contribution in [0.4, 0.5) is 0 Å². The summed E-state index contributed by atoms with van der Waals surface area (Å²) in [7, 11) is 1.43. The van der Waals surface area contributed by atoms with Crippen molar-refractivity contribution in [2.75, 3.05) is 26.0 Å². The molecule has 0 bridgehead atoms. The quantitative estimate of drug-likeness (QED) is 0.471. The number of esters is 1. The summed E-state index contributed by atoms with van der Waals surface area (Å²) in [4.78, 5) is 11.8. The Morgan fingerprint density at radius 1 is 1.56 bits per heavy atom. The molecule has 0 aliphatic heterocycles. The molecule has 18 heavy (non-hydrogen) atoms. The van der Waals surface area contributed by atoms with Gasteiger partial charge in [-0.15, -0.1) is 0 Å². The van der Waals surface area contributed by atoms with E-state index in [-0.39, 0.29) is 17.8 Å². The van der Waals surface area contributed by atoms with Gasteiger partial charge in [-0.25, -0.2) is 0 Å². The van der Waals surface area contributed by atoms with Gasteiger partial charge in [0.15, 0.2) is 0 Å². The number of methoxy groups -OCH3 is 1. The highest BCUT2D eigenvalue weighted by molar-refractivity contribution is 7.99. The monoisotopic (exact) mass is 277 g/mol. The third-order valence-corrected chi connectivity index (χ3v) is 4.12. The van der Waals surface area contributed by atoms with Crippen LogP contribution >= 0.6 is 11.8 Å². The first kappa shape index (κ1) is 17.7. The molecule has 0 amide bonds. The van der Waals surface area contributed by atoms with E-state index in [1.54, 1.807) is 11.8 Å². The Bertz CT molecular complexity index is 238. The minimum atomic E-state index is -0.590. The third kappa shape index (κ3) is 6.61. The van der Waals surface area contributed by atoms with Crippen LogP contribution in [-0.4, -0.2) is 47.9 Å². The van der Waals surface area contributed by atoms with Crippen molar-refractivity contribution in [1.82, 2.24) is 5.32 Å². The van der Waals surface area contributed by atoms with Crippen LogP contribution in [0.15, 0.2) is 0 Å². The Morgan fingerprint density at radius 3 is 2.72 bits per heavy atom. The molecule has 0 radical (unpaired) electrons. The molecule has 108 valence electrons. The zero-order chi connectivity index (χ0) is 14.0. The first-order chi connectivity index (χ1) is 8.50. The average molecular weight is 277 g/mol. The molecular formula is C13H27NO3S. The maximum Gasteiger partial charge on any atom is 0.325 e. The van der Waals surface area contributed by atoms with Crippen LogP contribution in [0.3, 0.4) is 0 Å². The lowest BCUT2D eigenvalue weighted by molar-refractivity contribution is -0.148. The SMILES string of the molecule is CCCNC(C)(CCCSC(C)CO)C(=O)OC. The van der Waals surface area contributed by atoms with Crippen molar-refractivity contribution in [3.8, 4) is 0 Å². The summed E-state index contributed by atoms with van der Waals surface area (Å²) in [6, 6.07) is 0.